The molecule has 0 radical (unpaired) electrons. The lowest BCUT2D eigenvalue weighted by Crippen LogP contribution is -2.24. The summed E-state index contributed by atoms with van der Waals surface area (Å²) in [5.74, 6) is 0.629. The summed E-state index contributed by atoms with van der Waals surface area (Å²) >= 11 is 11.8. The van der Waals surface area contributed by atoms with E-state index in [4.69, 9.17) is 32.7 Å². The van der Waals surface area contributed by atoms with Gasteiger partial charge in [0.1, 0.15) is 0 Å². The SMILES string of the molecule is COc1ccccc1OCC(=O)N/N=C/c1ccc(Cl)cc1Cl. The van der Waals surface area contributed by atoms with Gasteiger partial charge in [-0.25, -0.2) is 5.43 Å². The van der Waals surface area contributed by atoms with Crippen molar-refractivity contribution in [2.24, 2.45) is 5.10 Å². The van der Waals surface area contributed by atoms with Crippen molar-refractivity contribution < 1.29 is 14.3 Å². The summed E-state index contributed by atoms with van der Waals surface area (Å²) in [5, 5.41) is 4.80. The smallest absolute Gasteiger partial charge is 0.277 e. The quantitative estimate of drug-likeness (QED) is 0.638. The van der Waals surface area contributed by atoms with Crippen LogP contribution in [0.25, 0.3) is 0 Å². The van der Waals surface area contributed by atoms with Gasteiger partial charge in [-0.1, -0.05) is 41.4 Å². The van der Waals surface area contributed by atoms with Gasteiger partial charge in [-0.05, 0) is 24.3 Å². The van der Waals surface area contributed by atoms with Crippen LogP contribution in [0.3, 0.4) is 0 Å². The van der Waals surface area contributed by atoms with Gasteiger partial charge < -0.3 is 9.47 Å². The normalized spacial score (nSPS) is 10.6. The van der Waals surface area contributed by atoms with E-state index in [0.29, 0.717) is 27.1 Å². The topological polar surface area (TPSA) is 59.9 Å². The van der Waals surface area contributed by atoms with Gasteiger partial charge in [0.15, 0.2) is 18.1 Å². The Labute approximate surface area is 143 Å². The van der Waals surface area contributed by atoms with E-state index in [1.165, 1.54) is 13.3 Å². The minimum absolute atomic E-state index is 0.188. The minimum Gasteiger partial charge on any atom is -0.493 e. The highest BCUT2D eigenvalue weighted by atomic mass is 35.5. The van der Waals surface area contributed by atoms with Crippen LogP contribution in [0, 0.1) is 0 Å². The molecule has 2 aromatic carbocycles. The molecular formula is C16H14Cl2N2O3. The Bertz CT molecular complexity index is 720. The molecule has 5 nitrogen and oxygen atoms in total. The number of hydrogen-bond acceptors (Lipinski definition) is 4. The Kier molecular flexibility index (Phi) is 6.26. The fourth-order valence-corrected chi connectivity index (χ4v) is 2.15. The molecule has 0 unspecified atom stereocenters. The number of hydrazone groups is 1. The van der Waals surface area contributed by atoms with E-state index in [0.717, 1.165) is 0 Å². The van der Waals surface area contributed by atoms with Crippen LogP contribution in [-0.2, 0) is 4.79 Å². The average Bonchev–Trinajstić information content (AvgIpc) is 2.55. The first kappa shape index (κ1) is 17.1. The monoisotopic (exact) mass is 352 g/mol. The number of halogens is 2. The van der Waals surface area contributed by atoms with Crippen molar-refractivity contribution in [2.45, 2.75) is 0 Å². The third-order valence-corrected chi connectivity index (χ3v) is 3.35. The van der Waals surface area contributed by atoms with Gasteiger partial charge >= 0.3 is 0 Å². The van der Waals surface area contributed by atoms with E-state index in [9.17, 15) is 4.79 Å². The Hall–Kier alpha value is -2.24. The van der Waals surface area contributed by atoms with E-state index in [1.807, 2.05) is 6.07 Å². The van der Waals surface area contributed by atoms with Crippen molar-refractivity contribution in [1.29, 1.82) is 0 Å². The highest BCUT2D eigenvalue weighted by molar-refractivity contribution is 6.36. The standard InChI is InChI=1S/C16H14Cl2N2O3/c1-22-14-4-2-3-5-15(14)23-10-16(21)20-19-9-11-6-7-12(17)8-13(11)18/h2-9H,10H2,1H3,(H,20,21)/b19-9+. The summed E-state index contributed by atoms with van der Waals surface area (Å²) in [7, 11) is 1.53. The number of ether oxygens (including phenoxy) is 2. The molecule has 0 bridgehead atoms. The second kappa shape index (κ2) is 8.41. The molecule has 1 amide bonds. The molecule has 2 rings (SSSR count). The Balaban J connectivity index is 1.86. The molecule has 0 saturated heterocycles. The fourth-order valence-electron chi connectivity index (χ4n) is 1.69. The highest BCUT2D eigenvalue weighted by Gasteiger charge is 2.06. The molecule has 0 saturated carbocycles. The van der Waals surface area contributed by atoms with Crippen LogP contribution in [0.1, 0.15) is 5.56 Å². The van der Waals surface area contributed by atoms with Gasteiger partial charge in [0, 0.05) is 10.6 Å². The van der Waals surface area contributed by atoms with Crippen LogP contribution >= 0.6 is 23.2 Å². The predicted octanol–water partition coefficient (Wildman–Crippen LogP) is 3.53. The number of benzene rings is 2. The van der Waals surface area contributed by atoms with E-state index in [2.05, 4.69) is 10.5 Å². The van der Waals surface area contributed by atoms with Crippen molar-refractivity contribution in [2.75, 3.05) is 13.7 Å². The van der Waals surface area contributed by atoms with E-state index >= 15 is 0 Å². The number of para-hydroxylation sites is 2. The Morgan fingerprint density at radius 3 is 2.65 bits per heavy atom. The Morgan fingerprint density at radius 1 is 1.22 bits per heavy atom. The fraction of sp³-hybridized carbons (Fsp3) is 0.125. The van der Waals surface area contributed by atoms with Crippen LogP contribution < -0.4 is 14.9 Å². The van der Waals surface area contributed by atoms with Crippen LogP contribution in [0.2, 0.25) is 10.0 Å². The molecule has 120 valence electrons. The number of rotatable bonds is 6. The maximum atomic E-state index is 11.7. The molecule has 7 heteroatoms. The van der Waals surface area contributed by atoms with E-state index < -0.39 is 5.91 Å². The zero-order valence-corrected chi connectivity index (χ0v) is 13.8. The molecule has 0 aliphatic rings. The van der Waals surface area contributed by atoms with Gasteiger partial charge in [-0.2, -0.15) is 5.10 Å². The van der Waals surface area contributed by atoms with Gasteiger partial charge in [-0.3, -0.25) is 4.79 Å². The van der Waals surface area contributed by atoms with Gasteiger partial charge in [0.25, 0.3) is 5.91 Å². The van der Waals surface area contributed by atoms with Crippen LogP contribution in [0.4, 0.5) is 0 Å². The van der Waals surface area contributed by atoms with Crippen molar-refractivity contribution in [3.8, 4) is 11.5 Å². The lowest BCUT2D eigenvalue weighted by Gasteiger charge is -2.09. The van der Waals surface area contributed by atoms with Gasteiger partial charge in [-0.15, -0.1) is 0 Å². The Morgan fingerprint density at radius 2 is 1.96 bits per heavy atom. The summed E-state index contributed by atoms with van der Waals surface area (Å²) in [5.41, 5.74) is 2.99. The maximum absolute atomic E-state index is 11.7. The minimum atomic E-state index is -0.405. The molecule has 0 aromatic heterocycles. The van der Waals surface area contributed by atoms with Crippen molar-refractivity contribution in [1.82, 2.24) is 5.43 Å². The second-order valence-electron chi connectivity index (χ2n) is 4.40. The van der Waals surface area contributed by atoms with Crippen molar-refractivity contribution >= 4 is 35.3 Å². The first-order valence-corrected chi connectivity index (χ1v) is 7.38. The van der Waals surface area contributed by atoms with Crippen LogP contribution in [0.5, 0.6) is 11.5 Å². The molecule has 0 spiro atoms. The summed E-state index contributed by atoms with van der Waals surface area (Å²) in [6.07, 6.45) is 1.43. The number of methoxy groups -OCH3 is 1. The van der Waals surface area contributed by atoms with Gasteiger partial charge in [0.2, 0.25) is 0 Å². The summed E-state index contributed by atoms with van der Waals surface area (Å²) in [6, 6.07) is 12.0. The molecule has 0 heterocycles. The predicted molar refractivity (Wildman–Crippen MR) is 90.7 cm³/mol. The number of nitrogens with one attached hydrogen (secondary N) is 1. The molecule has 23 heavy (non-hydrogen) atoms. The molecule has 2 aromatic rings. The molecule has 0 atom stereocenters. The van der Waals surface area contributed by atoms with E-state index in [1.54, 1.807) is 36.4 Å². The number of nitrogens with zero attached hydrogens (tertiary/aromatic N) is 1. The summed E-state index contributed by atoms with van der Waals surface area (Å²) < 4.78 is 10.5. The third kappa shape index (κ3) is 5.16. The second-order valence-corrected chi connectivity index (χ2v) is 5.24. The molecule has 0 aliphatic heterocycles. The number of carbonyl (C=O) groups is 1. The first-order valence-electron chi connectivity index (χ1n) is 6.63. The van der Waals surface area contributed by atoms with E-state index in [-0.39, 0.29) is 6.61 Å². The van der Waals surface area contributed by atoms with Crippen molar-refractivity contribution in [3.05, 3.63) is 58.1 Å². The number of carbonyl (C=O) groups excluding carboxylic acids is 1. The molecule has 1 N–H and O–H groups in total. The van der Waals surface area contributed by atoms with Gasteiger partial charge in [0.05, 0.1) is 18.3 Å². The third-order valence-electron chi connectivity index (χ3n) is 2.78. The van der Waals surface area contributed by atoms with Crippen LogP contribution in [0.15, 0.2) is 47.6 Å². The summed E-state index contributed by atoms with van der Waals surface area (Å²) in [6.45, 7) is -0.188. The number of hydrogen-bond donors (Lipinski definition) is 1. The number of amides is 1. The lowest BCUT2D eigenvalue weighted by molar-refractivity contribution is -0.123. The highest BCUT2D eigenvalue weighted by Crippen LogP contribution is 2.25. The molecule has 0 fully saturated rings. The summed E-state index contributed by atoms with van der Waals surface area (Å²) in [4.78, 5) is 11.7. The maximum Gasteiger partial charge on any atom is 0.277 e. The lowest BCUT2D eigenvalue weighted by atomic mass is 10.2. The molecule has 0 aliphatic carbocycles. The first-order chi connectivity index (χ1) is 11.1. The zero-order chi connectivity index (χ0) is 16.7. The van der Waals surface area contributed by atoms with Crippen molar-refractivity contribution in [3.63, 3.8) is 0 Å². The molecular weight excluding hydrogens is 339 g/mol. The average molecular weight is 353 g/mol. The largest absolute Gasteiger partial charge is 0.493 e. The zero-order valence-electron chi connectivity index (χ0n) is 12.3. The van der Waals surface area contributed by atoms with Crippen LogP contribution in [-0.4, -0.2) is 25.8 Å².